The Morgan fingerprint density at radius 1 is 1.45 bits per heavy atom. The van der Waals surface area contributed by atoms with Crippen molar-refractivity contribution < 1.29 is 14.6 Å². The molecule has 2 atom stereocenters. The number of amides is 1. The number of aliphatic hydroxyl groups excluding tert-OH is 1. The minimum atomic E-state index is -0.652. The molecule has 7 heteroatoms. The van der Waals surface area contributed by atoms with Crippen LogP contribution in [0.25, 0.3) is 11.4 Å². The predicted molar refractivity (Wildman–Crippen MR) is 79.1 cm³/mol. The fourth-order valence-electron chi connectivity index (χ4n) is 2.68. The second-order valence-electron chi connectivity index (χ2n) is 5.15. The number of ether oxygens (including phenoxy) is 1. The lowest BCUT2D eigenvalue weighted by molar-refractivity contribution is -0.00237. The zero-order chi connectivity index (χ0) is 15.5. The maximum absolute atomic E-state index is 12.8. The van der Waals surface area contributed by atoms with Gasteiger partial charge in [-0.25, -0.2) is 4.98 Å². The summed E-state index contributed by atoms with van der Waals surface area (Å²) in [5, 5.41) is 16.6. The molecule has 2 aromatic rings. The zero-order valence-corrected chi connectivity index (χ0v) is 12.3. The lowest BCUT2D eigenvalue weighted by Crippen LogP contribution is -2.30. The molecule has 0 bridgehead atoms. The van der Waals surface area contributed by atoms with E-state index >= 15 is 0 Å². The van der Waals surface area contributed by atoms with Gasteiger partial charge in [-0.1, -0.05) is 18.2 Å². The van der Waals surface area contributed by atoms with Gasteiger partial charge in [0.15, 0.2) is 5.82 Å². The molecule has 1 aliphatic heterocycles. The Bertz CT molecular complexity index is 644. The van der Waals surface area contributed by atoms with Crippen LogP contribution in [0, 0.1) is 0 Å². The van der Waals surface area contributed by atoms with Crippen molar-refractivity contribution in [3.05, 3.63) is 36.2 Å². The second kappa shape index (κ2) is 6.25. The first-order chi connectivity index (χ1) is 10.7. The molecule has 116 valence electrons. The molecule has 1 aliphatic rings. The first-order valence-electron chi connectivity index (χ1n) is 7.24. The van der Waals surface area contributed by atoms with Crippen LogP contribution >= 0.6 is 0 Å². The summed E-state index contributed by atoms with van der Waals surface area (Å²) in [5.74, 6) is 0.401. The summed E-state index contributed by atoms with van der Waals surface area (Å²) in [6, 6.07) is 7.22. The van der Waals surface area contributed by atoms with Crippen molar-refractivity contribution in [3.63, 3.8) is 0 Å². The van der Waals surface area contributed by atoms with Gasteiger partial charge < -0.3 is 14.7 Å². The number of nitrogens with one attached hydrogen (secondary N) is 1. The van der Waals surface area contributed by atoms with Crippen LogP contribution < -0.4 is 0 Å². The van der Waals surface area contributed by atoms with E-state index in [-0.39, 0.29) is 18.6 Å². The van der Waals surface area contributed by atoms with Crippen LogP contribution in [0.3, 0.4) is 0 Å². The monoisotopic (exact) mass is 302 g/mol. The molecule has 0 aliphatic carbocycles. The number of hydrogen-bond acceptors (Lipinski definition) is 5. The number of carbonyl (C=O) groups excluding carboxylic acids is 1. The predicted octanol–water partition coefficient (Wildman–Crippen LogP) is 0.693. The molecule has 0 saturated carbocycles. The maximum Gasteiger partial charge on any atom is 0.254 e. The Morgan fingerprint density at radius 2 is 2.27 bits per heavy atom. The lowest BCUT2D eigenvalue weighted by Gasteiger charge is -2.17. The van der Waals surface area contributed by atoms with E-state index in [2.05, 4.69) is 15.2 Å². The first kappa shape index (κ1) is 14.7. The van der Waals surface area contributed by atoms with E-state index in [1.165, 1.54) is 6.33 Å². The van der Waals surface area contributed by atoms with E-state index in [0.717, 1.165) is 0 Å². The molecule has 3 rings (SSSR count). The number of benzene rings is 1. The van der Waals surface area contributed by atoms with Crippen LogP contribution in [-0.4, -0.2) is 63.0 Å². The number of hydrogen-bond donors (Lipinski definition) is 2. The summed E-state index contributed by atoms with van der Waals surface area (Å²) in [5.41, 5.74) is 1.22. The fourth-order valence-corrected chi connectivity index (χ4v) is 2.68. The lowest BCUT2D eigenvalue weighted by atomic mass is 10.1. The normalized spacial score (nSPS) is 21.3. The number of H-pyrrole nitrogens is 1. The third-order valence-electron chi connectivity index (χ3n) is 3.73. The topological polar surface area (TPSA) is 91.3 Å². The Hall–Kier alpha value is -2.25. The van der Waals surface area contributed by atoms with E-state index in [1.807, 2.05) is 19.1 Å². The maximum atomic E-state index is 12.8. The van der Waals surface area contributed by atoms with Crippen LogP contribution in [0.15, 0.2) is 30.6 Å². The van der Waals surface area contributed by atoms with Crippen molar-refractivity contribution in [2.24, 2.45) is 0 Å². The Balaban J connectivity index is 1.85. The van der Waals surface area contributed by atoms with Crippen LogP contribution in [0.4, 0.5) is 0 Å². The fraction of sp³-hybridized carbons (Fsp3) is 0.400. The van der Waals surface area contributed by atoms with Crippen LogP contribution in [0.1, 0.15) is 17.3 Å². The van der Waals surface area contributed by atoms with E-state index < -0.39 is 6.10 Å². The number of carbonyl (C=O) groups is 1. The largest absolute Gasteiger partial charge is 0.388 e. The van der Waals surface area contributed by atoms with Crippen molar-refractivity contribution in [1.29, 1.82) is 0 Å². The van der Waals surface area contributed by atoms with Gasteiger partial charge in [-0.3, -0.25) is 9.89 Å². The molecule has 1 fully saturated rings. The Morgan fingerprint density at radius 3 is 3.00 bits per heavy atom. The van der Waals surface area contributed by atoms with E-state index in [9.17, 15) is 9.90 Å². The molecule has 2 N–H and O–H groups in total. The molecular formula is C15H18N4O3. The number of aromatic nitrogens is 3. The highest BCUT2D eigenvalue weighted by atomic mass is 16.5. The summed E-state index contributed by atoms with van der Waals surface area (Å²) in [6.45, 7) is 3.04. The van der Waals surface area contributed by atoms with Gasteiger partial charge in [0, 0.05) is 25.3 Å². The molecule has 0 unspecified atom stereocenters. The first-order valence-corrected chi connectivity index (χ1v) is 7.24. The number of β-amino-alcohol motifs (C(OH)–C–C–N with tert-alkyl or cyclic N) is 1. The highest BCUT2D eigenvalue weighted by Crippen LogP contribution is 2.23. The standard InChI is InChI=1S/C15H18N4O3/c1-2-22-13-8-19(7-12(13)20)15(21)11-6-4-3-5-10(11)14-16-9-17-18-14/h3-6,9,12-13,20H,2,7-8H2,1H3,(H,16,17,18)/t12-,13-/m0/s1. The summed E-state index contributed by atoms with van der Waals surface area (Å²) < 4.78 is 5.46. The van der Waals surface area contributed by atoms with Crippen LogP contribution in [0.2, 0.25) is 0 Å². The van der Waals surface area contributed by atoms with Gasteiger partial charge in [-0.05, 0) is 13.0 Å². The number of aliphatic hydroxyl groups is 1. The smallest absolute Gasteiger partial charge is 0.254 e. The minimum absolute atomic E-state index is 0.145. The summed E-state index contributed by atoms with van der Waals surface area (Å²) in [7, 11) is 0. The van der Waals surface area contributed by atoms with Gasteiger partial charge in [-0.15, -0.1) is 0 Å². The molecule has 0 spiro atoms. The molecule has 1 aromatic heterocycles. The highest BCUT2D eigenvalue weighted by Gasteiger charge is 2.35. The van der Waals surface area contributed by atoms with Gasteiger partial charge in [0.25, 0.3) is 5.91 Å². The zero-order valence-electron chi connectivity index (χ0n) is 12.3. The molecule has 0 radical (unpaired) electrons. The quantitative estimate of drug-likeness (QED) is 0.867. The highest BCUT2D eigenvalue weighted by molar-refractivity contribution is 6.00. The second-order valence-corrected chi connectivity index (χ2v) is 5.15. The van der Waals surface area contributed by atoms with Gasteiger partial charge >= 0.3 is 0 Å². The molecule has 1 aromatic carbocycles. The summed E-state index contributed by atoms with van der Waals surface area (Å²) in [6.07, 6.45) is 0.425. The average molecular weight is 302 g/mol. The molecule has 22 heavy (non-hydrogen) atoms. The molecule has 1 saturated heterocycles. The van der Waals surface area contributed by atoms with Gasteiger partial charge in [-0.2, -0.15) is 5.10 Å². The van der Waals surface area contributed by atoms with E-state index in [1.54, 1.807) is 17.0 Å². The minimum Gasteiger partial charge on any atom is -0.388 e. The SMILES string of the molecule is CCO[C@H]1CN(C(=O)c2ccccc2-c2ncn[nH]2)C[C@@H]1O. The Kier molecular flexibility index (Phi) is 4.17. The molecule has 7 nitrogen and oxygen atoms in total. The summed E-state index contributed by atoms with van der Waals surface area (Å²) >= 11 is 0. The van der Waals surface area contributed by atoms with Crippen molar-refractivity contribution in [2.45, 2.75) is 19.1 Å². The summed E-state index contributed by atoms with van der Waals surface area (Å²) in [4.78, 5) is 18.5. The van der Waals surface area contributed by atoms with Gasteiger partial charge in [0.2, 0.25) is 0 Å². The van der Waals surface area contributed by atoms with Gasteiger partial charge in [0.1, 0.15) is 12.4 Å². The van der Waals surface area contributed by atoms with Crippen LogP contribution in [0.5, 0.6) is 0 Å². The number of likely N-dealkylation sites (tertiary alicyclic amines) is 1. The van der Waals surface area contributed by atoms with Crippen molar-refractivity contribution in [3.8, 4) is 11.4 Å². The third kappa shape index (κ3) is 2.72. The average Bonchev–Trinajstić information content (AvgIpc) is 3.18. The number of rotatable bonds is 4. The van der Waals surface area contributed by atoms with Crippen molar-refractivity contribution in [2.75, 3.05) is 19.7 Å². The molecule has 1 amide bonds. The molecule has 2 heterocycles. The van der Waals surface area contributed by atoms with Crippen molar-refractivity contribution in [1.82, 2.24) is 20.1 Å². The van der Waals surface area contributed by atoms with Crippen LogP contribution in [-0.2, 0) is 4.74 Å². The third-order valence-corrected chi connectivity index (χ3v) is 3.73. The van der Waals surface area contributed by atoms with Crippen molar-refractivity contribution >= 4 is 5.91 Å². The molecular weight excluding hydrogens is 284 g/mol. The number of aromatic amines is 1. The Labute approximate surface area is 127 Å². The number of nitrogens with zero attached hydrogens (tertiary/aromatic N) is 3. The van der Waals surface area contributed by atoms with E-state index in [4.69, 9.17) is 4.74 Å². The van der Waals surface area contributed by atoms with E-state index in [0.29, 0.717) is 30.1 Å². The van der Waals surface area contributed by atoms with Gasteiger partial charge in [0.05, 0.1) is 11.7 Å².